The van der Waals surface area contributed by atoms with Gasteiger partial charge in [-0.2, -0.15) is 0 Å². The highest BCUT2D eigenvalue weighted by atomic mass is 35.5. The molecule has 0 saturated carbocycles. The van der Waals surface area contributed by atoms with Gasteiger partial charge in [-0.05, 0) is 18.2 Å². The molecule has 0 aliphatic heterocycles. The lowest BCUT2D eigenvalue weighted by Gasteiger charge is -2.06. The predicted octanol–water partition coefficient (Wildman–Crippen LogP) is 3.80. The molecule has 0 N–H and O–H groups in total. The number of nitrogens with zero attached hydrogens (tertiary/aromatic N) is 1. The van der Waals surface area contributed by atoms with Gasteiger partial charge in [0.1, 0.15) is 5.75 Å². The molecule has 4 nitrogen and oxygen atoms in total. The minimum Gasteiger partial charge on any atom is -0.497 e. The van der Waals surface area contributed by atoms with Crippen molar-refractivity contribution in [2.24, 2.45) is 0 Å². The van der Waals surface area contributed by atoms with E-state index < -0.39 is 0 Å². The fraction of sp³-hybridized carbons (Fsp3) is 0.0588. The SMILES string of the molecule is COc1cc(Cl)c2c(C=O)cn(C(=O)c3ccccc3)c2c1. The molecule has 1 heterocycles. The third-order valence-electron chi connectivity index (χ3n) is 3.46. The van der Waals surface area contributed by atoms with Crippen molar-refractivity contribution in [2.75, 3.05) is 7.11 Å². The lowest BCUT2D eigenvalue weighted by atomic mass is 10.2. The van der Waals surface area contributed by atoms with E-state index in [0.29, 0.717) is 39.1 Å². The molecule has 0 bridgehead atoms. The molecule has 2 aromatic carbocycles. The predicted molar refractivity (Wildman–Crippen MR) is 85.1 cm³/mol. The Hall–Kier alpha value is -2.59. The van der Waals surface area contributed by atoms with Gasteiger partial charge in [0.2, 0.25) is 0 Å². The van der Waals surface area contributed by atoms with Crippen molar-refractivity contribution in [3.05, 3.63) is 64.8 Å². The van der Waals surface area contributed by atoms with Gasteiger partial charge in [-0.3, -0.25) is 14.2 Å². The number of aromatic nitrogens is 1. The maximum absolute atomic E-state index is 12.7. The molecule has 22 heavy (non-hydrogen) atoms. The fourth-order valence-electron chi connectivity index (χ4n) is 2.41. The number of benzene rings is 2. The Morgan fingerprint density at radius 2 is 1.95 bits per heavy atom. The number of rotatable bonds is 3. The Kier molecular flexibility index (Phi) is 3.69. The highest BCUT2D eigenvalue weighted by molar-refractivity contribution is 6.37. The van der Waals surface area contributed by atoms with Crippen LogP contribution in [0.5, 0.6) is 5.75 Å². The molecule has 110 valence electrons. The normalized spacial score (nSPS) is 10.6. The van der Waals surface area contributed by atoms with Crippen molar-refractivity contribution >= 4 is 34.7 Å². The van der Waals surface area contributed by atoms with E-state index in [1.54, 1.807) is 36.4 Å². The first-order valence-electron chi connectivity index (χ1n) is 6.59. The van der Waals surface area contributed by atoms with E-state index in [2.05, 4.69) is 0 Å². The van der Waals surface area contributed by atoms with Crippen LogP contribution in [-0.2, 0) is 0 Å². The van der Waals surface area contributed by atoms with Gasteiger partial charge in [-0.25, -0.2) is 0 Å². The molecular formula is C17H12ClNO3. The summed E-state index contributed by atoms with van der Waals surface area (Å²) < 4.78 is 6.61. The molecule has 0 radical (unpaired) electrons. The van der Waals surface area contributed by atoms with E-state index in [1.165, 1.54) is 17.9 Å². The Morgan fingerprint density at radius 1 is 1.23 bits per heavy atom. The highest BCUT2D eigenvalue weighted by Gasteiger charge is 2.18. The zero-order valence-electron chi connectivity index (χ0n) is 11.7. The molecule has 0 aliphatic carbocycles. The summed E-state index contributed by atoms with van der Waals surface area (Å²) in [7, 11) is 1.52. The van der Waals surface area contributed by atoms with Crippen LogP contribution in [0.2, 0.25) is 5.02 Å². The van der Waals surface area contributed by atoms with Crippen molar-refractivity contribution in [3.63, 3.8) is 0 Å². The van der Waals surface area contributed by atoms with Gasteiger partial charge in [-0.15, -0.1) is 0 Å². The van der Waals surface area contributed by atoms with Crippen LogP contribution in [0.3, 0.4) is 0 Å². The summed E-state index contributed by atoms with van der Waals surface area (Å²) in [5, 5.41) is 0.915. The molecule has 5 heteroatoms. The van der Waals surface area contributed by atoms with Crippen molar-refractivity contribution in [1.29, 1.82) is 0 Å². The lowest BCUT2D eigenvalue weighted by Crippen LogP contribution is -2.10. The number of carbonyl (C=O) groups is 2. The molecule has 0 saturated heterocycles. The minimum atomic E-state index is -0.233. The zero-order valence-corrected chi connectivity index (χ0v) is 12.5. The van der Waals surface area contributed by atoms with E-state index in [-0.39, 0.29) is 5.91 Å². The largest absolute Gasteiger partial charge is 0.497 e. The molecule has 0 spiro atoms. The Labute approximate surface area is 131 Å². The molecular weight excluding hydrogens is 302 g/mol. The van der Waals surface area contributed by atoms with Crippen LogP contribution in [0.1, 0.15) is 20.7 Å². The summed E-state index contributed by atoms with van der Waals surface area (Å²) in [6, 6.07) is 12.2. The van der Waals surface area contributed by atoms with Gasteiger partial charge in [0.05, 0.1) is 17.6 Å². The first kappa shape index (κ1) is 14.4. The molecule has 3 rings (SSSR count). The summed E-state index contributed by atoms with van der Waals surface area (Å²) in [5.74, 6) is 0.290. The summed E-state index contributed by atoms with van der Waals surface area (Å²) in [4.78, 5) is 23.9. The number of carbonyl (C=O) groups excluding carboxylic acids is 2. The number of hydrogen-bond acceptors (Lipinski definition) is 3. The van der Waals surface area contributed by atoms with Crippen LogP contribution in [0.4, 0.5) is 0 Å². The van der Waals surface area contributed by atoms with E-state index in [4.69, 9.17) is 16.3 Å². The molecule has 0 unspecified atom stereocenters. The Morgan fingerprint density at radius 3 is 2.59 bits per heavy atom. The second-order valence-electron chi connectivity index (χ2n) is 4.75. The summed E-state index contributed by atoms with van der Waals surface area (Å²) in [6.45, 7) is 0. The van der Waals surface area contributed by atoms with Crippen molar-refractivity contribution < 1.29 is 14.3 Å². The van der Waals surface area contributed by atoms with Crippen LogP contribution < -0.4 is 4.74 Å². The van der Waals surface area contributed by atoms with Gasteiger partial charge >= 0.3 is 0 Å². The molecule has 0 atom stereocenters. The van der Waals surface area contributed by atoms with Crippen molar-refractivity contribution in [1.82, 2.24) is 4.57 Å². The van der Waals surface area contributed by atoms with Crippen molar-refractivity contribution in [2.45, 2.75) is 0 Å². The van der Waals surface area contributed by atoms with Crippen LogP contribution in [-0.4, -0.2) is 23.9 Å². The third kappa shape index (κ3) is 2.27. The third-order valence-corrected chi connectivity index (χ3v) is 3.76. The lowest BCUT2D eigenvalue weighted by molar-refractivity contribution is 0.0965. The van der Waals surface area contributed by atoms with Crippen LogP contribution in [0, 0.1) is 0 Å². The fourth-order valence-corrected chi connectivity index (χ4v) is 2.73. The van der Waals surface area contributed by atoms with E-state index in [1.807, 2.05) is 6.07 Å². The summed E-state index contributed by atoms with van der Waals surface area (Å²) in [5.41, 5.74) is 1.43. The number of aldehydes is 1. The monoisotopic (exact) mass is 313 g/mol. The average molecular weight is 314 g/mol. The van der Waals surface area contributed by atoms with Gasteiger partial charge in [0, 0.05) is 28.8 Å². The number of methoxy groups -OCH3 is 1. The summed E-state index contributed by atoms with van der Waals surface area (Å²) in [6.07, 6.45) is 2.19. The van der Waals surface area contributed by atoms with Crippen LogP contribution in [0.25, 0.3) is 10.9 Å². The minimum absolute atomic E-state index is 0.233. The molecule has 0 fully saturated rings. The first-order chi connectivity index (χ1) is 10.7. The van der Waals surface area contributed by atoms with Crippen molar-refractivity contribution in [3.8, 4) is 5.75 Å². The molecule has 0 amide bonds. The van der Waals surface area contributed by atoms with Crippen LogP contribution >= 0.6 is 11.6 Å². The summed E-state index contributed by atoms with van der Waals surface area (Å²) >= 11 is 6.23. The standard InChI is InChI=1S/C17H12ClNO3/c1-22-13-7-14(18)16-12(10-20)9-19(15(16)8-13)17(21)11-5-3-2-4-6-11/h2-10H,1H3. The van der Waals surface area contributed by atoms with Gasteiger partial charge < -0.3 is 4.74 Å². The quantitative estimate of drug-likeness (QED) is 0.691. The zero-order chi connectivity index (χ0) is 15.7. The molecule has 1 aromatic heterocycles. The van der Waals surface area contributed by atoms with E-state index in [9.17, 15) is 9.59 Å². The number of halogens is 1. The molecule has 0 aliphatic rings. The molecule has 3 aromatic rings. The Balaban J connectivity index is 2.28. The van der Waals surface area contributed by atoms with Gasteiger partial charge in [0.25, 0.3) is 5.91 Å². The Bertz CT molecular complexity index is 868. The maximum atomic E-state index is 12.7. The maximum Gasteiger partial charge on any atom is 0.262 e. The second-order valence-corrected chi connectivity index (χ2v) is 5.15. The number of ether oxygens (including phenoxy) is 1. The van der Waals surface area contributed by atoms with Crippen LogP contribution in [0.15, 0.2) is 48.7 Å². The van der Waals surface area contributed by atoms with E-state index >= 15 is 0 Å². The second kappa shape index (κ2) is 5.66. The highest BCUT2D eigenvalue weighted by Crippen LogP contribution is 2.32. The topological polar surface area (TPSA) is 48.3 Å². The van der Waals surface area contributed by atoms with E-state index in [0.717, 1.165) is 0 Å². The number of fused-ring (bicyclic) bond motifs is 1. The smallest absolute Gasteiger partial charge is 0.262 e. The first-order valence-corrected chi connectivity index (χ1v) is 6.97. The number of hydrogen-bond donors (Lipinski definition) is 0. The average Bonchev–Trinajstić information content (AvgIpc) is 2.94. The van der Waals surface area contributed by atoms with Gasteiger partial charge in [0.15, 0.2) is 6.29 Å². The van der Waals surface area contributed by atoms with Gasteiger partial charge in [-0.1, -0.05) is 29.8 Å².